The highest BCUT2D eigenvalue weighted by atomic mass is 15.1. The van der Waals surface area contributed by atoms with Gasteiger partial charge in [0.1, 0.15) is 0 Å². The van der Waals surface area contributed by atoms with Gasteiger partial charge in [-0.25, -0.2) is 0 Å². The zero-order valence-corrected chi connectivity index (χ0v) is 51.8. The SMILES string of the molecule is N#Cc1ccccc1-c1cccc(-c2ccc3c(c2)C2(c4ccccc4-n4c5ccccc5c5cccc2c54)c2cccc(-c4cccc5c4c4cccc6c4n5-c4ccccc4C64c5ccccc5-c5c(-c6ccc(-c7ccc(-c8ccccc8)nn7)cc6)cccc54)c2-3)c1. The molecule has 0 radical (unpaired) electrons. The lowest BCUT2D eigenvalue weighted by molar-refractivity contribution is 0.748. The standard InChI is InChI=1S/C91H53N5/c92-54-61-22-4-5-25-62(61)60-24-14-23-58(52-60)59-48-49-69-78(53-59)91(73-35-10-12-41-82(73)95-81-40-11-7-26-64(81)67-31-17-38-76(91)88(67)95)75-37-16-29-65(86(69)75)66-30-19-43-84-87(66)70-32-18-39-77-89(70)96(84)83-42-13-9-34-72(83)90(77)71-33-8-6-27-68(71)85-63(28-15-36-74(85)90)55-44-46-57(47-45-55)80-51-50-79(93-94-80)56-20-2-1-3-21-56/h1-53H. The molecule has 5 nitrogen and oxygen atoms in total. The van der Waals surface area contributed by atoms with Gasteiger partial charge in [-0.05, 0) is 166 Å². The molecule has 5 heterocycles. The van der Waals surface area contributed by atoms with Crippen LogP contribution in [0, 0.1) is 11.3 Å². The molecule has 2 spiro atoms. The Morgan fingerprint density at radius 3 is 1.48 bits per heavy atom. The van der Waals surface area contributed by atoms with E-state index in [-0.39, 0.29) is 0 Å². The van der Waals surface area contributed by atoms with Gasteiger partial charge in [-0.3, -0.25) is 0 Å². The Morgan fingerprint density at radius 1 is 0.271 bits per heavy atom. The third-order valence-electron chi connectivity index (χ3n) is 21.7. The lowest BCUT2D eigenvalue weighted by Crippen LogP contribution is -2.33. The number of rotatable bonds is 6. The van der Waals surface area contributed by atoms with Gasteiger partial charge in [0.15, 0.2) is 0 Å². The predicted octanol–water partition coefficient (Wildman–Crippen LogP) is 21.9. The van der Waals surface area contributed by atoms with Gasteiger partial charge < -0.3 is 9.13 Å². The van der Waals surface area contributed by atoms with Gasteiger partial charge >= 0.3 is 0 Å². The maximum Gasteiger partial charge on any atom is 0.0998 e. The molecule has 3 aromatic heterocycles. The maximum absolute atomic E-state index is 10.3. The van der Waals surface area contributed by atoms with Crippen molar-refractivity contribution >= 4 is 43.6 Å². The molecule has 0 amide bonds. The van der Waals surface area contributed by atoms with Crippen LogP contribution in [0.25, 0.3) is 144 Å². The van der Waals surface area contributed by atoms with Gasteiger partial charge in [-0.15, -0.1) is 10.2 Å². The van der Waals surface area contributed by atoms with Gasteiger partial charge in [0, 0.05) is 32.7 Å². The van der Waals surface area contributed by atoms with Crippen LogP contribution in [0.3, 0.4) is 0 Å². The van der Waals surface area contributed by atoms with Crippen molar-refractivity contribution in [1.82, 2.24) is 19.3 Å². The summed E-state index contributed by atoms with van der Waals surface area (Å²) in [5.74, 6) is 0. The minimum Gasteiger partial charge on any atom is -0.309 e. The van der Waals surface area contributed by atoms with Crippen LogP contribution in [0.5, 0.6) is 0 Å². The molecule has 2 unspecified atom stereocenters. The van der Waals surface area contributed by atoms with Gasteiger partial charge in [0.25, 0.3) is 0 Å². The summed E-state index contributed by atoms with van der Waals surface area (Å²) in [5.41, 5.74) is 34.3. The second-order valence-electron chi connectivity index (χ2n) is 26.1. The number of aromatic nitrogens is 4. The Hall–Kier alpha value is -12.8. The third kappa shape index (κ3) is 6.81. The molecule has 14 aromatic carbocycles. The molecule has 0 fully saturated rings. The summed E-state index contributed by atoms with van der Waals surface area (Å²) in [6.45, 7) is 0. The molecule has 2 aliphatic carbocycles. The number of fused-ring (bicyclic) bond motifs is 24. The summed E-state index contributed by atoms with van der Waals surface area (Å²) in [6.07, 6.45) is 0. The molecule has 17 aromatic rings. The lowest BCUT2D eigenvalue weighted by atomic mass is 9.65. The molecule has 0 N–H and O–H groups in total. The zero-order chi connectivity index (χ0) is 63.0. The van der Waals surface area contributed by atoms with Crippen molar-refractivity contribution < 1.29 is 0 Å². The molecule has 0 saturated carbocycles. The van der Waals surface area contributed by atoms with Crippen LogP contribution < -0.4 is 0 Å². The summed E-state index contributed by atoms with van der Waals surface area (Å²) in [7, 11) is 0. The predicted molar refractivity (Wildman–Crippen MR) is 390 cm³/mol. The van der Waals surface area contributed by atoms with E-state index in [0.29, 0.717) is 5.56 Å². The molecule has 442 valence electrons. The minimum atomic E-state index is -0.723. The summed E-state index contributed by atoms with van der Waals surface area (Å²) in [6, 6.07) is 121. The minimum absolute atomic E-state index is 0.647. The van der Waals surface area contributed by atoms with E-state index in [2.05, 4.69) is 305 Å². The van der Waals surface area contributed by atoms with Crippen molar-refractivity contribution in [2.75, 3.05) is 0 Å². The Morgan fingerprint density at radius 2 is 0.729 bits per heavy atom. The largest absolute Gasteiger partial charge is 0.309 e. The number of nitriles is 1. The first kappa shape index (κ1) is 52.8. The van der Waals surface area contributed by atoms with E-state index in [1.807, 2.05) is 36.4 Å². The maximum atomic E-state index is 10.3. The fourth-order valence-electron chi connectivity index (χ4n) is 18.0. The molecule has 4 aliphatic rings. The Bertz CT molecular complexity index is 6280. The monoisotopic (exact) mass is 1220 g/mol. The lowest BCUT2D eigenvalue weighted by Gasteiger charge is -2.39. The van der Waals surface area contributed by atoms with Gasteiger partial charge in [-0.2, -0.15) is 5.26 Å². The zero-order valence-electron chi connectivity index (χ0n) is 51.8. The van der Waals surface area contributed by atoms with Gasteiger partial charge in [-0.1, -0.05) is 267 Å². The fraction of sp³-hybridized carbons (Fsp3) is 0.0220. The molecule has 2 aliphatic heterocycles. The van der Waals surface area contributed by atoms with Crippen LogP contribution in [0.1, 0.15) is 50.1 Å². The molecular formula is C91H53N5. The first-order valence-electron chi connectivity index (χ1n) is 33.0. The number of nitrogens with zero attached hydrogens (tertiary/aromatic N) is 5. The van der Waals surface area contributed by atoms with E-state index in [0.717, 1.165) is 50.3 Å². The van der Waals surface area contributed by atoms with Crippen molar-refractivity contribution in [2.24, 2.45) is 0 Å². The highest BCUT2D eigenvalue weighted by molar-refractivity contribution is 6.20. The van der Waals surface area contributed by atoms with Crippen LogP contribution >= 0.6 is 0 Å². The van der Waals surface area contributed by atoms with Crippen molar-refractivity contribution in [3.05, 3.63) is 372 Å². The Kier molecular flexibility index (Phi) is 10.8. The van der Waals surface area contributed by atoms with E-state index >= 15 is 0 Å². The van der Waals surface area contributed by atoms with Crippen molar-refractivity contribution in [1.29, 1.82) is 5.26 Å². The summed E-state index contributed by atoms with van der Waals surface area (Å²) >= 11 is 0. The van der Waals surface area contributed by atoms with Gasteiger partial charge in [0.05, 0.1) is 67.3 Å². The average molecular weight is 1220 g/mol. The second-order valence-corrected chi connectivity index (χ2v) is 26.1. The Labute approximate surface area is 554 Å². The van der Waals surface area contributed by atoms with Crippen LogP contribution in [-0.4, -0.2) is 19.3 Å². The molecule has 5 heteroatoms. The smallest absolute Gasteiger partial charge is 0.0998 e. The van der Waals surface area contributed by atoms with Crippen LogP contribution in [0.15, 0.2) is 322 Å². The fourth-order valence-corrected chi connectivity index (χ4v) is 18.0. The molecule has 21 rings (SSSR count). The Balaban J connectivity index is 0.788. The number of hydrogen-bond acceptors (Lipinski definition) is 3. The molecule has 96 heavy (non-hydrogen) atoms. The van der Waals surface area contributed by atoms with E-state index in [4.69, 9.17) is 5.10 Å². The quantitative estimate of drug-likeness (QED) is 0.167. The highest BCUT2D eigenvalue weighted by Gasteiger charge is 2.54. The van der Waals surface area contributed by atoms with Gasteiger partial charge in [0.2, 0.25) is 0 Å². The normalized spacial score (nSPS) is 15.6. The van der Waals surface area contributed by atoms with Crippen LogP contribution in [-0.2, 0) is 10.8 Å². The van der Waals surface area contributed by atoms with Crippen molar-refractivity contribution in [3.63, 3.8) is 0 Å². The van der Waals surface area contributed by atoms with Crippen molar-refractivity contribution in [2.45, 2.75) is 10.8 Å². The topological polar surface area (TPSA) is 59.4 Å². The van der Waals surface area contributed by atoms with E-state index in [1.54, 1.807) is 0 Å². The molecule has 0 saturated heterocycles. The number of benzene rings is 14. The third-order valence-corrected chi connectivity index (χ3v) is 21.7. The van der Waals surface area contributed by atoms with E-state index in [1.165, 1.54) is 138 Å². The average Bonchev–Trinajstić information content (AvgIpc) is 1.49. The highest BCUT2D eigenvalue weighted by Crippen LogP contribution is 2.66. The summed E-state index contributed by atoms with van der Waals surface area (Å²) in [5, 5.41) is 24.6. The van der Waals surface area contributed by atoms with Crippen LogP contribution in [0.4, 0.5) is 0 Å². The van der Waals surface area contributed by atoms with Crippen molar-refractivity contribution in [3.8, 4) is 107 Å². The molecule has 0 bridgehead atoms. The molecular weight excluding hydrogens is 1160 g/mol. The second kappa shape index (κ2) is 19.6. The molecule has 2 atom stereocenters. The summed E-state index contributed by atoms with van der Waals surface area (Å²) in [4.78, 5) is 0. The van der Waals surface area contributed by atoms with E-state index < -0.39 is 10.8 Å². The van der Waals surface area contributed by atoms with Crippen LogP contribution in [0.2, 0.25) is 0 Å². The first-order chi connectivity index (χ1) is 47.6. The number of para-hydroxylation sites is 5. The van der Waals surface area contributed by atoms with E-state index in [9.17, 15) is 5.26 Å². The summed E-state index contributed by atoms with van der Waals surface area (Å²) < 4.78 is 5.12. The number of hydrogen-bond donors (Lipinski definition) is 0. The first-order valence-corrected chi connectivity index (χ1v) is 33.0.